The highest BCUT2D eigenvalue weighted by Gasteiger charge is 2.17. The van der Waals surface area contributed by atoms with Crippen LogP contribution >= 0.6 is 11.8 Å². The Bertz CT molecular complexity index is 523. The summed E-state index contributed by atoms with van der Waals surface area (Å²) in [5.41, 5.74) is 1.11. The van der Waals surface area contributed by atoms with Gasteiger partial charge in [0.05, 0.1) is 12.1 Å². The molecule has 116 valence electrons. The van der Waals surface area contributed by atoms with Crippen LogP contribution < -0.4 is 5.32 Å². The molecule has 1 amide bonds. The molecule has 0 aliphatic rings. The van der Waals surface area contributed by atoms with Gasteiger partial charge >= 0.3 is 12.1 Å². The van der Waals surface area contributed by atoms with E-state index in [1.54, 1.807) is 26.8 Å². The number of carboxylic acids is 1. The van der Waals surface area contributed by atoms with Gasteiger partial charge in [0.2, 0.25) is 0 Å². The third-order valence-corrected chi connectivity index (χ3v) is 3.40. The van der Waals surface area contributed by atoms with E-state index in [4.69, 9.17) is 9.84 Å². The molecule has 6 heteroatoms. The highest BCUT2D eigenvalue weighted by Crippen LogP contribution is 2.29. The number of carbonyl (C=O) groups excluding carboxylic acids is 1. The number of carbonyl (C=O) groups is 2. The number of aliphatic carboxylic acids is 1. The van der Waals surface area contributed by atoms with Crippen molar-refractivity contribution < 1.29 is 19.4 Å². The summed E-state index contributed by atoms with van der Waals surface area (Å²) in [6.07, 6.45) is -0.448. The first-order valence-electron chi connectivity index (χ1n) is 6.62. The summed E-state index contributed by atoms with van der Waals surface area (Å²) in [6, 6.07) is 5.59. The molecule has 0 aromatic heterocycles. The molecule has 5 nitrogen and oxygen atoms in total. The normalized spacial score (nSPS) is 11.0. The van der Waals surface area contributed by atoms with E-state index in [0.29, 0.717) is 11.4 Å². The van der Waals surface area contributed by atoms with Gasteiger partial charge in [-0.15, -0.1) is 11.8 Å². The number of anilines is 1. The fraction of sp³-hybridized carbons (Fsp3) is 0.467. The number of rotatable bonds is 5. The average Bonchev–Trinajstić information content (AvgIpc) is 2.29. The first-order chi connectivity index (χ1) is 9.67. The number of thioether (sulfide) groups is 1. The van der Waals surface area contributed by atoms with Gasteiger partial charge in [0, 0.05) is 10.6 Å². The standard InChI is InChI=1S/C15H21NO4S/c1-10-5-6-11(16-14(19)20-15(2,3)4)12(9-10)21-8-7-13(17)18/h5-6,9H,7-8H2,1-4H3,(H,16,19)(H,17,18). The lowest BCUT2D eigenvalue weighted by Crippen LogP contribution is -2.27. The van der Waals surface area contributed by atoms with Crippen molar-refractivity contribution in [2.45, 2.75) is 44.6 Å². The van der Waals surface area contributed by atoms with Crippen molar-refractivity contribution >= 4 is 29.5 Å². The van der Waals surface area contributed by atoms with Gasteiger partial charge in [-0.1, -0.05) is 6.07 Å². The molecule has 0 fully saturated rings. The average molecular weight is 311 g/mol. The van der Waals surface area contributed by atoms with Crippen molar-refractivity contribution in [1.82, 2.24) is 0 Å². The zero-order chi connectivity index (χ0) is 16.0. The molecular formula is C15H21NO4S. The van der Waals surface area contributed by atoms with Gasteiger partial charge < -0.3 is 9.84 Å². The Morgan fingerprint density at radius 3 is 2.57 bits per heavy atom. The van der Waals surface area contributed by atoms with Crippen LogP contribution in [-0.4, -0.2) is 28.5 Å². The van der Waals surface area contributed by atoms with E-state index in [1.165, 1.54) is 11.8 Å². The molecule has 0 heterocycles. The Hall–Kier alpha value is -1.69. The number of carboxylic acid groups (broad SMARTS) is 1. The minimum absolute atomic E-state index is 0.0739. The number of nitrogens with one attached hydrogen (secondary N) is 1. The van der Waals surface area contributed by atoms with Gasteiger partial charge in [-0.2, -0.15) is 0 Å². The number of hydrogen-bond acceptors (Lipinski definition) is 4. The van der Waals surface area contributed by atoms with Crippen LogP contribution in [0.25, 0.3) is 0 Å². The summed E-state index contributed by atoms with van der Waals surface area (Å²) < 4.78 is 5.22. The number of benzene rings is 1. The van der Waals surface area contributed by atoms with Crippen LogP contribution in [0, 0.1) is 6.92 Å². The maximum Gasteiger partial charge on any atom is 0.412 e. The highest BCUT2D eigenvalue weighted by molar-refractivity contribution is 7.99. The van der Waals surface area contributed by atoms with E-state index in [0.717, 1.165) is 10.5 Å². The van der Waals surface area contributed by atoms with Crippen molar-refractivity contribution in [2.75, 3.05) is 11.1 Å². The van der Waals surface area contributed by atoms with E-state index >= 15 is 0 Å². The Morgan fingerprint density at radius 1 is 1.33 bits per heavy atom. The van der Waals surface area contributed by atoms with Crippen LogP contribution in [0.3, 0.4) is 0 Å². The molecule has 1 aromatic rings. The molecule has 1 rings (SSSR count). The summed E-state index contributed by atoms with van der Waals surface area (Å²) in [6.45, 7) is 7.33. The minimum Gasteiger partial charge on any atom is -0.481 e. The first kappa shape index (κ1) is 17.4. The molecule has 0 atom stereocenters. The fourth-order valence-electron chi connectivity index (χ4n) is 1.51. The molecule has 1 aromatic carbocycles. The Labute approximate surface area is 129 Å². The topological polar surface area (TPSA) is 75.6 Å². The zero-order valence-corrected chi connectivity index (χ0v) is 13.5. The first-order valence-corrected chi connectivity index (χ1v) is 7.61. The van der Waals surface area contributed by atoms with E-state index in [1.807, 2.05) is 19.1 Å². The molecule has 0 aliphatic heterocycles. The Kier molecular flexibility index (Phi) is 6.08. The number of aryl methyl sites for hydroxylation is 1. The second-order valence-corrected chi connectivity index (χ2v) is 6.76. The van der Waals surface area contributed by atoms with Crippen LogP contribution in [0.15, 0.2) is 23.1 Å². The molecule has 21 heavy (non-hydrogen) atoms. The van der Waals surface area contributed by atoms with Gasteiger partial charge in [-0.25, -0.2) is 4.79 Å². The van der Waals surface area contributed by atoms with Gasteiger partial charge in [0.15, 0.2) is 0 Å². The second kappa shape index (κ2) is 7.36. The van der Waals surface area contributed by atoms with Crippen molar-refractivity contribution in [3.63, 3.8) is 0 Å². The number of amides is 1. The maximum atomic E-state index is 11.8. The van der Waals surface area contributed by atoms with Crippen LogP contribution in [0.1, 0.15) is 32.8 Å². The van der Waals surface area contributed by atoms with E-state index < -0.39 is 17.7 Å². The van der Waals surface area contributed by atoms with Crippen LogP contribution in [0.5, 0.6) is 0 Å². The van der Waals surface area contributed by atoms with Crippen LogP contribution in [0.4, 0.5) is 10.5 Å². The summed E-state index contributed by atoms with van der Waals surface area (Å²) in [7, 11) is 0. The van der Waals surface area contributed by atoms with Crippen molar-refractivity contribution in [1.29, 1.82) is 0 Å². The summed E-state index contributed by atoms with van der Waals surface area (Å²) in [5.74, 6) is -0.390. The van der Waals surface area contributed by atoms with Gasteiger partial charge in [0.25, 0.3) is 0 Å². The van der Waals surface area contributed by atoms with Gasteiger partial charge in [-0.3, -0.25) is 10.1 Å². The molecule has 0 bridgehead atoms. The maximum absolute atomic E-state index is 11.8. The van der Waals surface area contributed by atoms with Crippen LogP contribution in [-0.2, 0) is 9.53 Å². The number of ether oxygens (including phenoxy) is 1. The minimum atomic E-state index is -0.836. The third-order valence-electron chi connectivity index (χ3n) is 2.35. The monoisotopic (exact) mass is 311 g/mol. The zero-order valence-electron chi connectivity index (χ0n) is 12.7. The Balaban J connectivity index is 2.76. The predicted octanol–water partition coefficient (Wildman–Crippen LogP) is 3.91. The molecule has 0 unspecified atom stereocenters. The smallest absolute Gasteiger partial charge is 0.412 e. The summed E-state index contributed by atoms with van der Waals surface area (Å²) >= 11 is 1.40. The van der Waals surface area contributed by atoms with Gasteiger partial charge in [0.1, 0.15) is 5.60 Å². The van der Waals surface area contributed by atoms with Crippen molar-refractivity contribution in [2.24, 2.45) is 0 Å². The predicted molar refractivity (Wildman–Crippen MR) is 84.0 cm³/mol. The molecule has 0 saturated heterocycles. The molecular weight excluding hydrogens is 290 g/mol. The van der Waals surface area contributed by atoms with Crippen molar-refractivity contribution in [3.8, 4) is 0 Å². The highest BCUT2D eigenvalue weighted by atomic mass is 32.2. The van der Waals surface area contributed by atoms with E-state index in [9.17, 15) is 9.59 Å². The molecule has 0 spiro atoms. The SMILES string of the molecule is Cc1ccc(NC(=O)OC(C)(C)C)c(SCCC(=O)O)c1. The fourth-order valence-corrected chi connectivity index (χ4v) is 2.55. The largest absolute Gasteiger partial charge is 0.481 e. The lowest BCUT2D eigenvalue weighted by molar-refractivity contribution is -0.136. The molecule has 0 saturated carbocycles. The van der Waals surface area contributed by atoms with E-state index in [2.05, 4.69) is 5.32 Å². The van der Waals surface area contributed by atoms with Crippen LogP contribution in [0.2, 0.25) is 0 Å². The summed E-state index contributed by atoms with van der Waals surface area (Å²) in [4.78, 5) is 23.2. The van der Waals surface area contributed by atoms with Crippen molar-refractivity contribution in [3.05, 3.63) is 23.8 Å². The second-order valence-electron chi connectivity index (χ2n) is 5.62. The van der Waals surface area contributed by atoms with Gasteiger partial charge in [-0.05, 0) is 45.4 Å². The number of hydrogen-bond donors (Lipinski definition) is 2. The lowest BCUT2D eigenvalue weighted by atomic mass is 10.2. The quantitative estimate of drug-likeness (QED) is 0.806. The Morgan fingerprint density at radius 2 is 2.00 bits per heavy atom. The molecule has 2 N–H and O–H groups in total. The summed E-state index contributed by atoms with van der Waals surface area (Å²) in [5, 5.41) is 11.4. The lowest BCUT2D eigenvalue weighted by Gasteiger charge is -2.20. The molecule has 0 radical (unpaired) electrons. The third kappa shape index (κ3) is 7.04. The molecule has 0 aliphatic carbocycles. The van der Waals surface area contributed by atoms with E-state index in [-0.39, 0.29) is 6.42 Å².